The van der Waals surface area contributed by atoms with Gasteiger partial charge in [-0.15, -0.1) is 0 Å². The fraction of sp³-hybridized carbons (Fsp3) is 0.333. The molecule has 2 amide bonds. The van der Waals surface area contributed by atoms with E-state index < -0.39 is 0 Å². The van der Waals surface area contributed by atoms with Gasteiger partial charge < -0.3 is 14.6 Å². The number of rotatable bonds is 5. The lowest BCUT2D eigenvalue weighted by Crippen LogP contribution is -2.45. The smallest absolute Gasteiger partial charge is 0.265 e. The first-order valence-corrected chi connectivity index (χ1v) is 8.75. The first kappa shape index (κ1) is 17.6. The lowest BCUT2D eigenvalue weighted by molar-refractivity contribution is -0.125. The molecule has 1 aliphatic heterocycles. The van der Waals surface area contributed by atoms with Gasteiger partial charge in [0.2, 0.25) is 5.91 Å². The van der Waals surface area contributed by atoms with Crippen LogP contribution in [0.3, 0.4) is 0 Å². The second-order valence-corrected chi connectivity index (χ2v) is 6.79. The molecule has 2 N–H and O–H groups in total. The molecule has 0 atom stereocenters. The molecular weight excluding hydrogens is 410 g/mol. The summed E-state index contributed by atoms with van der Waals surface area (Å²) < 4.78 is 8.53. The van der Waals surface area contributed by atoms with Crippen LogP contribution >= 0.6 is 28.1 Å². The Morgan fingerprint density at radius 1 is 1.52 bits per heavy atom. The normalized spacial score (nSPS) is 13.4. The van der Waals surface area contributed by atoms with E-state index in [0.29, 0.717) is 29.2 Å². The molecule has 1 aromatic heterocycles. The topological polar surface area (TPSA) is 92.2 Å². The maximum absolute atomic E-state index is 12.2. The van der Waals surface area contributed by atoms with Gasteiger partial charge in [0.15, 0.2) is 11.4 Å². The van der Waals surface area contributed by atoms with Crippen LogP contribution < -0.4 is 15.0 Å². The van der Waals surface area contributed by atoms with Gasteiger partial charge in [0.25, 0.3) is 5.91 Å². The van der Waals surface area contributed by atoms with Crippen molar-refractivity contribution < 1.29 is 14.3 Å². The molecule has 3 rings (SSSR count). The maximum atomic E-state index is 12.2. The van der Waals surface area contributed by atoms with Gasteiger partial charge in [0.1, 0.15) is 18.1 Å². The van der Waals surface area contributed by atoms with Crippen molar-refractivity contribution >= 4 is 45.6 Å². The van der Waals surface area contributed by atoms with Crippen molar-refractivity contribution in [3.63, 3.8) is 0 Å². The molecule has 0 spiro atoms. The van der Waals surface area contributed by atoms with Crippen LogP contribution in [0.25, 0.3) is 0 Å². The average molecular weight is 426 g/mol. The minimum Gasteiger partial charge on any atom is -0.482 e. The molecular formula is C15H16BrN5O3S. The number of H-pyrrole nitrogens is 1. The molecule has 0 bridgehead atoms. The molecule has 0 radical (unpaired) electrons. The van der Waals surface area contributed by atoms with Crippen LogP contribution in [0.15, 0.2) is 22.7 Å². The number of carbonyl (C=O) groups is 2. The number of nitrogens with zero attached hydrogens (tertiary/aromatic N) is 3. The van der Waals surface area contributed by atoms with Crippen LogP contribution in [0.4, 0.5) is 5.69 Å². The Morgan fingerprint density at radius 3 is 3.04 bits per heavy atom. The number of ether oxygens (including phenoxy) is 1. The number of carbonyl (C=O) groups excluding carboxylic acids is 2. The fourth-order valence-electron chi connectivity index (χ4n) is 2.47. The van der Waals surface area contributed by atoms with Gasteiger partial charge >= 0.3 is 0 Å². The molecule has 0 unspecified atom stereocenters. The number of fused-ring (bicyclic) bond motifs is 1. The van der Waals surface area contributed by atoms with Crippen LogP contribution in [0.5, 0.6) is 5.75 Å². The van der Waals surface area contributed by atoms with Gasteiger partial charge in [-0.1, -0.05) is 15.9 Å². The zero-order valence-corrected chi connectivity index (χ0v) is 15.8. The lowest BCUT2D eigenvalue weighted by atomic mass is 10.2. The van der Waals surface area contributed by atoms with Gasteiger partial charge in [-0.25, -0.2) is 0 Å². The molecule has 0 fully saturated rings. The van der Waals surface area contributed by atoms with E-state index in [9.17, 15) is 9.59 Å². The van der Waals surface area contributed by atoms with Gasteiger partial charge in [-0.2, -0.15) is 5.10 Å². The Balaban J connectivity index is 1.60. The Labute approximate surface area is 157 Å². The van der Waals surface area contributed by atoms with Crippen LogP contribution in [-0.4, -0.2) is 46.3 Å². The molecule has 132 valence electrons. The largest absolute Gasteiger partial charge is 0.482 e. The van der Waals surface area contributed by atoms with E-state index in [1.165, 1.54) is 4.90 Å². The van der Waals surface area contributed by atoms with Gasteiger partial charge in [-0.05, 0) is 30.4 Å². The Hall–Kier alpha value is -2.20. The molecule has 2 heterocycles. The second-order valence-electron chi connectivity index (χ2n) is 5.48. The number of nitrogens with one attached hydrogen (secondary N) is 2. The Kier molecular flexibility index (Phi) is 5.19. The third kappa shape index (κ3) is 3.90. The summed E-state index contributed by atoms with van der Waals surface area (Å²) in [5.41, 5.74) is 0.587. The first-order chi connectivity index (χ1) is 12.0. The van der Waals surface area contributed by atoms with Crippen molar-refractivity contribution in [3.8, 4) is 5.75 Å². The van der Waals surface area contributed by atoms with E-state index in [-0.39, 0.29) is 25.0 Å². The van der Waals surface area contributed by atoms with E-state index in [2.05, 4.69) is 31.4 Å². The summed E-state index contributed by atoms with van der Waals surface area (Å²) in [5.74, 6) is 0.826. The molecule has 0 saturated carbocycles. The fourth-order valence-corrected chi connectivity index (χ4v) is 2.96. The highest BCUT2D eigenvalue weighted by molar-refractivity contribution is 9.10. The van der Waals surface area contributed by atoms with E-state index in [1.807, 2.05) is 7.05 Å². The van der Waals surface area contributed by atoms with E-state index in [4.69, 9.17) is 17.0 Å². The molecule has 2 aromatic rings. The summed E-state index contributed by atoms with van der Waals surface area (Å²) in [4.78, 5) is 25.7. The minimum absolute atomic E-state index is 0.0597. The standard InChI is InChI=1S/C15H16BrN5O3S/c1-20-12(18-19-15(20)25)4-5-17-13(22)7-21-10-3-2-9(16)6-11(10)24-8-14(21)23/h2-3,6H,4-5,7-8H2,1H3,(H,17,22)(H,19,25). The van der Waals surface area contributed by atoms with E-state index in [0.717, 1.165) is 10.3 Å². The van der Waals surface area contributed by atoms with Crippen molar-refractivity contribution in [2.45, 2.75) is 6.42 Å². The minimum atomic E-state index is -0.251. The zero-order chi connectivity index (χ0) is 18.0. The van der Waals surface area contributed by atoms with Gasteiger partial charge in [0.05, 0.1) is 5.69 Å². The predicted molar refractivity (Wildman–Crippen MR) is 97.1 cm³/mol. The number of aromatic nitrogens is 3. The van der Waals surface area contributed by atoms with Crippen molar-refractivity contribution in [2.75, 3.05) is 24.6 Å². The molecule has 0 saturated heterocycles. The van der Waals surface area contributed by atoms with Crippen molar-refractivity contribution in [2.24, 2.45) is 7.05 Å². The molecule has 1 aromatic carbocycles. The number of aromatic amines is 1. The number of amides is 2. The van der Waals surface area contributed by atoms with E-state index >= 15 is 0 Å². The summed E-state index contributed by atoms with van der Waals surface area (Å²) in [7, 11) is 1.81. The zero-order valence-electron chi connectivity index (χ0n) is 13.4. The quantitative estimate of drug-likeness (QED) is 0.704. The highest BCUT2D eigenvalue weighted by Gasteiger charge is 2.27. The summed E-state index contributed by atoms with van der Waals surface area (Å²) in [5, 5.41) is 9.57. The third-order valence-corrected chi connectivity index (χ3v) is 4.67. The van der Waals surface area contributed by atoms with Crippen LogP contribution in [0.2, 0.25) is 0 Å². The summed E-state index contributed by atoms with van der Waals surface area (Å²) in [6.07, 6.45) is 0.538. The van der Waals surface area contributed by atoms with E-state index in [1.54, 1.807) is 22.8 Å². The second kappa shape index (κ2) is 7.36. The first-order valence-electron chi connectivity index (χ1n) is 7.55. The summed E-state index contributed by atoms with van der Waals surface area (Å²) in [6, 6.07) is 5.32. The van der Waals surface area contributed by atoms with Gasteiger partial charge in [0, 0.05) is 24.5 Å². The Bertz CT molecular complexity index is 878. The number of halogens is 1. The third-order valence-electron chi connectivity index (χ3n) is 3.81. The molecule has 1 aliphatic rings. The molecule has 10 heteroatoms. The molecule has 8 nitrogen and oxygen atoms in total. The van der Waals surface area contributed by atoms with Crippen LogP contribution in [0.1, 0.15) is 5.82 Å². The predicted octanol–water partition coefficient (Wildman–Crippen LogP) is 1.32. The van der Waals surface area contributed by atoms with Crippen LogP contribution in [0, 0.1) is 4.77 Å². The van der Waals surface area contributed by atoms with Crippen LogP contribution in [-0.2, 0) is 23.1 Å². The van der Waals surface area contributed by atoms with Crippen molar-refractivity contribution in [3.05, 3.63) is 33.3 Å². The monoisotopic (exact) mass is 425 g/mol. The van der Waals surface area contributed by atoms with Crippen molar-refractivity contribution in [1.29, 1.82) is 0 Å². The molecule has 25 heavy (non-hydrogen) atoms. The lowest BCUT2D eigenvalue weighted by Gasteiger charge is -2.29. The van der Waals surface area contributed by atoms with Crippen molar-refractivity contribution in [1.82, 2.24) is 20.1 Å². The highest BCUT2D eigenvalue weighted by Crippen LogP contribution is 2.34. The number of hydrogen-bond donors (Lipinski definition) is 2. The van der Waals surface area contributed by atoms with Gasteiger partial charge in [-0.3, -0.25) is 19.6 Å². The average Bonchev–Trinajstić information content (AvgIpc) is 2.89. The highest BCUT2D eigenvalue weighted by atomic mass is 79.9. The maximum Gasteiger partial charge on any atom is 0.265 e. The number of benzene rings is 1. The number of hydrogen-bond acceptors (Lipinski definition) is 5. The number of anilines is 1. The Morgan fingerprint density at radius 2 is 2.32 bits per heavy atom. The molecule has 0 aliphatic carbocycles. The summed E-state index contributed by atoms with van der Waals surface area (Å²) >= 11 is 8.40. The SMILES string of the molecule is Cn1c(CCNC(=O)CN2C(=O)COc3cc(Br)ccc32)n[nH]c1=S. The summed E-state index contributed by atoms with van der Waals surface area (Å²) in [6.45, 7) is 0.259.